The molecule has 3 N–H and O–H groups in total. The summed E-state index contributed by atoms with van der Waals surface area (Å²) >= 11 is 0. The van der Waals surface area contributed by atoms with Crippen molar-refractivity contribution in [2.75, 3.05) is 13.2 Å². The maximum atomic E-state index is 12.4. The third kappa shape index (κ3) is 4.35. The van der Waals surface area contributed by atoms with Crippen molar-refractivity contribution in [2.24, 2.45) is 5.73 Å². The normalized spacial score (nSPS) is 15.6. The summed E-state index contributed by atoms with van der Waals surface area (Å²) in [4.78, 5) is 12.4. The van der Waals surface area contributed by atoms with E-state index in [1.54, 1.807) is 17.1 Å². The van der Waals surface area contributed by atoms with Crippen LogP contribution < -0.4 is 15.8 Å². The molecule has 0 atom stereocenters. The number of halogens is 1. The molecule has 1 aromatic rings. The van der Waals surface area contributed by atoms with E-state index in [1.807, 2.05) is 13.8 Å². The average Bonchev–Trinajstić information content (AvgIpc) is 3.07. The van der Waals surface area contributed by atoms with E-state index in [2.05, 4.69) is 10.4 Å². The molecule has 0 unspecified atom stereocenters. The molecule has 0 aliphatic heterocycles. The minimum Gasteiger partial charge on any atom is -0.489 e. The highest BCUT2D eigenvalue weighted by molar-refractivity contribution is 5.85. The van der Waals surface area contributed by atoms with Crippen LogP contribution in [0.2, 0.25) is 0 Å². The van der Waals surface area contributed by atoms with Crippen LogP contribution in [0.25, 0.3) is 0 Å². The summed E-state index contributed by atoms with van der Waals surface area (Å²) in [6.07, 6.45) is 7.90. The monoisotopic (exact) mass is 316 g/mol. The fraction of sp³-hybridized carbons (Fsp3) is 0.714. The number of nitrogens with zero attached hydrogens (tertiary/aromatic N) is 2. The number of aromatic nitrogens is 2. The Kier molecular flexibility index (Phi) is 6.48. The van der Waals surface area contributed by atoms with E-state index in [0.29, 0.717) is 24.9 Å². The first-order valence-corrected chi connectivity index (χ1v) is 7.23. The number of carbonyl (C=O) groups excluding carboxylic acids is 1. The van der Waals surface area contributed by atoms with Crippen LogP contribution in [0.3, 0.4) is 0 Å². The van der Waals surface area contributed by atoms with Crippen LogP contribution in [-0.4, -0.2) is 34.9 Å². The van der Waals surface area contributed by atoms with Gasteiger partial charge in [-0.2, -0.15) is 5.10 Å². The van der Waals surface area contributed by atoms with Gasteiger partial charge in [0.2, 0.25) is 5.91 Å². The second-order valence-corrected chi connectivity index (χ2v) is 5.77. The predicted octanol–water partition coefficient (Wildman–Crippen LogP) is 1.44. The zero-order valence-electron chi connectivity index (χ0n) is 12.7. The van der Waals surface area contributed by atoms with Crippen molar-refractivity contribution in [1.29, 1.82) is 0 Å². The first-order valence-electron chi connectivity index (χ1n) is 7.23. The quantitative estimate of drug-likeness (QED) is 0.832. The Bertz CT molecular complexity index is 456. The van der Waals surface area contributed by atoms with E-state index in [4.69, 9.17) is 10.5 Å². The van der Waals surface area contributed by atoms with Crippen LogP contribution in [0.4, 0.5) is 0 Å². The van der Waals surface area contributed by atoms with Crippen molar-refractivity contribution >= 4 is 18.3 Å². The molecule has 0 radical (unpaired) electrons. The molecule has 1 heterocycles. The Labute approximate surface area is 131 Å². The highest BCUT2D eigenvalue weighted by atomic mass is 35.5. The van der Waals surface area contributed by atoms with Gasteiger partial charge in [0.25, 0.3) is 0 Å². The first kappa shape index (κ1) is 17.8. The van der Waals surface area contributed by atoms with Gasteiger partial charge in [0, 0.05) is 12.6 Å². The molecular formula is C14H25ClN4O2. The van der Waals surface area contributed by atoms with Crippen molar-refractivity contribution in [3.63, 3.8) is 0 Å². The lowest BCUT2D eigenvalue weighted by atomic mass is 10.0. The molecule has 1 aromatic heterocycles. The van der Waals surface area contributed by atoms with Gasteiger partial charge in [0.05, 0.1) is 12.4 Å². The molecule has 1 aliphatic carbocycles. The Morgan fingerprint density at radius 1 is 1.52 bits per heavy atom. The second-order valence-electron chi connectivity index (χ2n) is 5.77. The van der Waals surface area contributed by atoms with Crippen molar-refractivity contribution < 1.29 is 9.53 Å². The Hall–Kier alpha value is -1.27. The van der Waals surface area contributed by atoms with Gasteiger partial charge < -0.3 is 15.8 Å². The van der Waals surface area contributed by atoms with E-state index >= 15 is 0 Å². The molecule has 0 aromatic carbocycles. The summed E-state index contributed by atoms with van der Waals surface area (Å²) in [5.41, 5.74) is 4.66. The molecule has 0 spiro atoms. The molecular weight excluding hydrogens is 292 g/mol. The summed E-state index contributed by atoms with van der Waals surface area (Å²) in [6, 6.07) is 0.310. The van der Waals surface area contributed by atoms with Gasteiger partial charge in [-0.25, -0.2) is 0 Å². The van der Waals surface area contributed by atoms with E-state index in [0.717, 1.165) is 12.8 Å². The lowest BCUT2D eigenvalue weighted by Crippen LogP contribution is -2.47. The van der Waals surface area contributed by atoms with Crippen LogP contribution >= 0.6 is 12.4 Å². The van der Waals surface area contributed by atoms with Gasteiger partial charge in [-0.05, 0) is 26.7 Å². The summed E-state index contributed by atoms with van der Waals surface area (Å²) in [5.74, 6) is 0.634. The van der Waals surface area contributed by atoms with E-state index < -0.39 is 5.54 Å². The second kappa shape index (κ2) is 7.66. The summed E-state index contributed by atoms with van der Waals surface area (Å²) < 4.78 is 7.05. The van der Waals surface area contributed by atoms with Crippen molar-refractivity contribution in [3.05, 3.63) is 12.4 Å². The number of nitrogens with two attached hydrogens (primary N) is 1. The van der Waals surface area contributed by atoms with Crippen LogP contribution in [0.1, 0.15) is 39.5 Å². The lowest BCUT2D eigenvalue weighted by Gasteiger charge is -2.26. The number of carbonyl (C=O) groups is 1. The first-order chi connectivity index (χ1) is 9.54. The zero-order chi connectivity index (χ0) is 14.6. The number of hydrogen-bond donors (Lipinski definition) is 2. The van der Waals surface area contributed by atoms with Crippen LogP contribution in [0.5, 0.6) is 5.75 Å². The van der Waals surface area contributed by atoms with Crippen molar-refractivity contribution in [3.8, 4) is 5.75 Å². The molecule has 120 valence electrons. The maximum absolute atomic E-state index is 12.4. The van der Waals surface area contributed by atoms with E-state index in [9.17, 15) is 4.79 Å². The van der Waals surface area contributed by atoms with E-state index in [-0.39, 0.29) is 18.3 Å². The predicted molar refractivity (Wildman–Crippen MR) is 83.7 cm³/mol. The Balaban J connectivity index is 0.00000220. The maximum Gasteiger partial charge on any atom is 0.247 e. The Morgan fingerprint density at radius 2 is 2.19 bits per heavy atom. The van der Waals surface area contributed by atoms with Gasteiger partial charge in [-0.1, -0.05) is 12.8 Å². The van der Waals surface area contributed by atoms with Gasteiger partial charge in [-0.15, -0.1) is 12.4 Å². The van der Waals surface area contributed by atoms with Crippen molar-refractivity contribution in [2.45, 2.75) is 51.1 Å². The molecule has 2 rings (SSSR count). The third-order valence-corrected chi connectivity index (χ3v) is 3.76. The highest BCUT2D eigenvalue weighted by Crippen LogP contribution is 2.22. The molecule has 1 saturated carbocycles. The SMILES string of the molecule is CC(C)(C(=O)NC1CCCC1)n1cc(OCCN)cn1.Cl. The number of rotatable bonds is 6. The summed E-state index contributed by atoms with van der Waals surface area (Å²) in [5, 5.41) is 7.34. The van der Waals surface area contributed by atoms with Crippen molar-refractivity contribution in [1.82, 2.24) is 15.1 Å². The van der Waals surface area contributed by atoms with Gasteiger partial charge in [-0.3, -0.25) is 9.48 Å². The molecule has 6 nitrogen and oxygen atoms in total. The zero-order valence-corrected chi connectivity index (χ0v) is 13.5. The molecule has 0 bridgehead atoms. The van der Waals surface area contributed by atoms with E-state index in [1.165, 1.54) is 12.8 Å². The molecule has 21 heavy (non-hydrogen) atoms. The number of ether oxygens (including phenoxy) is 1. The molecule has 7 heteroatoms. The molecule has 0 saturated heterocycles. The number of nitrogens with one attached hydrogen (secondary N) is 1. The molecule has 1 aliphatic rings. The van der Waals surface area contributed by atoms with Crippen LogP contribution in [-0.2, 0) is 10.3 Å². The molecule has 1 fully saturated rings. The van der Waals surface area contributed by atoms with Crippen LogP contribution in [0, 0.1) is 0 Å². The minimum absolute atomic E-state index is 0. The number of amides is 1. The minimum atomic E-state index is -0.729. The summed E-state index contributed by atoms with van der Waals surface area (Å²) in [6.45, 7) is 4.62. The fourth-order valence-corrected chi connectivity index (χ4v) is 2.40. The largest absolute Gasteiger partial charge is 0.489 e. The topological polar surface area (TPSA) is 82.2 Å². The summed E-state index contributed by atoms with van der Waals surface area (Å²) in [7, 11) is 0. The third-order valence-electron chi connectivity index (χ3n) is 3.76. The smallest absolute Gasteiger partial charge is 0.247 e. The highest BCUT2D eigenvalue weighted by Gasteiger charge is 2.32. The fourth-order valence-electron chi connectivity index (χ4n) is 2.40. The van der Waals surface area contributed by atoms with Gasteiger partial charge >= 0.3 is 0 Å². The standard InChI is InChI=1S/C14H24N4O2.ClH/c1-14(2,13(19)17-11-5-3-4-6-11)18-10-12(9-16-18)20-8-7-15;/h9-11H,3-8,15H2,1-2H3,(H,17,19);1H. The Morgan fingerprint density at radius 3 is 2.81 bits per heavy atom. The lowest BCUT2D eigenvalue weighted by molar-refractivity contribution is -0.129. The average molecular weight is 317 g/mol. The van der Waals surface area contributed by atoms with Crippen LogP contribution in [0.15, 0.2) is 12.4 Å². The van der Waals surface area contributed by atoms with Gasteiger partial charge in [0.1, 0.15) is 12.1 Å². The van der Waals surface area contributed by atoms with Gasteiger partial charge in [0.15, 0.2) is 5.75 Å². The molecule has 1 amide bonds. The number of hydrogen-bond acceptors (Lipinski definition) is 4.